The van der Waals surface area contributed by atoms with Crippen LogP contribution < -0.4 is 10.3 Å². The Bertz CT molecular complexity index is 798. The van der Waals surface area contributed by atoms with Gasteiger partial charge in [-0.1, -0.05) is 31.2 Å². The minimum atomic E-state index is -0.302. The summed E-state index contributed by atoms with van der Waals surface area (Å²) in [5.74, 6) is 0.107. The Morgan fingerprint density at radius 1 is 1.36 bits per heavy atom. The van der Waals surface area contributed by atoms with Gasteiger partial charge in [0.15, 0.2) is 0 Å². The topological polar surface area (TPSA) is 71.6 Å². The maximum atomic E-state index is 12.8. The number of aromatic nitrogens is 1. The number of carbonyl (C=O) groups excluding carboxylic acids is 1. The Balaban J connectivity index is 1.78. The Kier molecular flexibility index (Phi) is 5.19. The number of rotatable bonds is 4. The first kappa shape index (κ1) is 17.2. The number of carbonyl (C=O) groups is 1. The molecule has 6 heteroatoms. The minimum Gasteiger partial charge on any atom is -0.496 e. The van der Waals surface area contributed by atoms with Crippen molar-refractivity contribution in [3.8, 4) is 5.75 Å². The Morgan fingerprint density at radius 2 is 2.12 bits per heavy atom. The Hall–Kier alpha value is -2.60. The summed E-state index contributed by atoms with van der Waals surface area (Å²) in [5, 5.41) is 0. The molecule has 1 unspecified atom stereocenters. The van der Waals surface area contributed by atoms with Gasteiger partial charge < -0.3 is 19.4 Å². The number of amides is 1. The molecule has 1 fully saturated rings. The van der Waals surface area contributed by atoms with Gasteiger partial charge in [-0.25, -0.2) is 0 Å². The van der Waals surface area contributed by atoms with Gasteiger partial charge in [-0.05, 0) is 17.5 Å². The number of morpholine rings is 1. The molecule has 3 rings (SSSR count). The molecule has 0 aliphatic carbocycles. The van der Waals surface area contributed by atoms with Crippen molar-refractivity contribution in [2.24, 2.45) is 0 Å². The van der Waals surface area contributed by atoms with Crippen LogP contribution in [-0.2, 0) is 11.2 Å². The molecule has 1 aliphatic heterocycles. The number of methoxy groups -OCH3 is 1. The number of hydrogen-bond donors (Lipinski definition) is 1. The van der Waals surface area contributed by atoms with E-state index in [1.165, 1.54) is 24.9 Å². The quantitative estimate of drug-likeness (QED) is 0.924. The highest BCUT2D eigenvalue weighted by Crippen LogP contribution is 2.25. The first-order valence-corrected chi connectivity index (χ1v) is 8.38. The summed E-state index contributed by atoms with van der Waals surface area (Å²) in [4.78, 5) is 28.5. The number of nitrogens with zero attached hydrogens (tertiary/aromatic N) is 1. The number of hydrogen-bond acceptors (Lipinski definition) is 4. The molecule has 1 saturated heterocycles. The van der Waals surface area contributed by atoms with Crippen LogP contribution in [0.4, 0.5) is 0 Å². The van der Waals surface area contributed by atoms with Gasteiger partial charge in [0.2, 0.25) is 0 Å². The molecule has 0 bridgehead atoms. The lowest BCUT2D eigenvalue weighted by Gasteiger charge is -2.33. The Morgan fingerprint density at radius 3 is 2.80 bits per heavy atom. The summed E-state index contributed by atoms with van der Waals surface area (Å²) in [5.41, 5.74) is 2.38. The van der Waals surface area contributed by atoms with Gasteiger partial charge in [0.1, 0.15) is 11.9 Å². The predicted molar refractivity (Wildman–Crippen MR) is 94.0 cm³/mol. The number of pyridine rings is 1. The van der Waals surface area contributed by atoms with Crippen molar-refractivity contribution in [1.82, 2.24) is 9.88 Å². The zero-order valence-corrected chi connectivity index (χ0v) is 14.5. The van der Waals surface area contributed by atoms with Gasteiger partial charge in [-0.2, -0.15) is 0 Å². The number of aromatic amines is 1. The summed E-state index contributed by atoms with van der Waals surface area (Å²) < 4.78 is 11.0. The lowest BCUT2D eigenvalue weighted by Crippen LogP contribution is -2.42. The average molecular weight is 342 g/mol. The highest BCUT2D eigenvalue weighted by molar-refractivity contribution is 5.96. The summed E-state index contributed by atoms with van der Waals surface area (Å²) in [6.07, 6.45) is 2.24. The van der Waals surface area contributed by atoms with Gasteiger partial charge >= 0.3 is 0 Å². The molecule has 1 N–H and O–H groups in total. The molecule has 2 aromatic rings. The number of aryl methyl sites for hydroxylation is 1. The van der Waals surface area contributed by atoms with E-state index in [1.807, 2.05) is 0 Å². The molecular weight excluding hydrogens is 320 g/mol. The maximum Gasteiger partial charge on any atom is 0.259 e. The van der Waals surface area contributed by atoms with Crippen LogP contribution in [0.3, 0.4) is 0 Å². The number of ether oxygens (including phenoxy) is 2. The van der Waals surface area contributed by atoms with Crippen molar-refractivity contribution in [1.29, 1.82) is 0 Å². The van der Waals surface area contributed by atoms with Crippen LogP contribution in [0.15, 0.2) is 41.3 Å². The van der Waals surface area contributed by atoms with E-state index >= 15 is 0 Å². The molecule has 1 aromatic heterocycles. The van der Waals surface area contributed by atoms with Crippen molar-refractivity contribution in [2.45, 2.75) is 19.4 Å². The SMILES string of the molecule is CCc1ccc(C2CN(C(=O)c3c[nH]c(=O)cc3OC)CCO2)cc1. The van der Waals surface area contributed by atoms with Crippen molar-refractivity contribution < 1.29 is 14.3 Å². The Labute approximate surface area is 146 Å². The van der Waals surface area contributed by atoms with Crippen LogP contribution in [0.1, 0.15) is 34.5 Å². The fourth-order valence-corrected chi connectivity index (χ4v) is 2.96. The van der Waals surface area contributed by atoms with Crippen LogP contribution in [0, 0.1) is 0 Å². The van der Waals surface area contributed by atoms with Crippen molar-refractivity contribution >= 4 is 5.91 Å². The fraction of sp³-hybridized carbons (Fsp3) is 0.368. The third kappa shape index (κ3) is 3.74. The molecule has 132 valence electrons. The molecule has 1 aliphatic rings. The van der Waals surface area contributed by atoms with E-state index < -0.39 is 0 Å². The number of nitrogens with one attached hydrogen (secondary N) is 1. The molecule has 1 atom stereocenters. The lowest BCUT2D eigenvalue weighted by molar-refractivity contribution is -0.0229. The summed E-state index contributed by atoms with van der Waals surface area (Å²) in [7, 11) is 1.45. The third-order valence-corrected chi connectivity index (χ3v) is 4.45. The van der Waals surface area contributed by atoms with Crippen LogP contribution >= 0.6 is 0 Å². The van der Waals surface area contributed by atoms with Crippen LogP contribution in [-0.4, -0.2) is 42.6 Å². The molecule has 0 saturated carbocycles. The van der Waals surface area contributed by atoms with Crippen LogP contribution in [0.25, 0.3) is 0 Å². The third-order valence-electron chi connectivity index (χ3n) is 4.45. The lowest BCUT2D eigenvalue weighted by atomic mass is 10.0. The maximum absolute atomic E-state index is 12.8. The monoisotopic (exact) mass is 342 g/mol. The van der Waals surface area contributed by atoms with E-state index in [1.54, 1.807) is 4.90 Å². The van der Waals surface area contributed by atoms with E-state index in [0.717, 1.165) is 12.0 Å². The highest BCUT2D eigenvalue weighted by atomic mass is 16.5. The first-order chi connectivity index (χ1) is 12.1. The van der Waals surface area contributed by atoms with Gasteiger partial charge in [0.05, 0.1) is 25.8 Å². The van der Waals surface area contributed by atoms with E-state index in [0.29, 0.717) is 25.3 Å². The average Bonchev–Trinajstić information content (AvgIpc) is 2.67. The van der Waals surface area contributed by atoms with Crippen molar-refractivity contribution in [3.05, 3.63) is 63.6 Å². The highest BCUT2D eigenvalue weighted by Gasteiger charge is 2.27. The standard InChI is InChI=1S/C19H22N2O4/c1-3-13-4-6-14(7-5-13)17-12-21(8-9-25-17)19(23)15-11-20-18(22)10-16(15)24-2/h4-7,10-11,17H,3,8-9,12H2,1-2H3,(H,20,22). The van der Waals surface area contributed by atoms with Crippen molar-refractivity contribution in [2.75, 3.05) is 26.8 Å². The smallest absolute Gasteiger partial charge is 0.259 e. The van der Waals surface area contributed by atoms with Gasteiger partial charge in [0, 0.05) is 18.8 Å². The largest absolute Gasteiger partial charge is 0.496 e. The predicted octanol–water partition coefficient (Wildman–Crippen LogP) is 2.16. The second-order valence-corrected chi connectivity index (χ2v) is 5.99. The van der Waals surface area contributed by atoms with Crippen LogP contribution in [0.2, 0.25) is 0 Å². The van der Waals surface area contributed by atoms with Crippen molar-refractivity contribution in [3.63, 3.8) is 0 Å². The molecule has 0 radical (unpaired) electrons. The zero-order valence-electron chi connectivity index (χ0n) is 14.5. The summed E-state index contributed by atoms with van der Waals surface area (Å²) in [6, 6.07) is 9.57. The minimum absolute atomic E-state index is 0.155. The number of benzene rings is 1. The summed E-state index contributed by atoms with van der Waals surface area (Å²) in [6.45, 7) is 3.55. The molecule has 1 aromatic carbocycles. The fourth-order valence-electron chi connectivity index (χ4n) is 2.96. The number of H-pyrrole nitrogens is 1. The van der Waals surface area contributed by atoms with Crippen LogP contribution in [0.5, 0.6) is 5.75 Å². The van der Waals surface area contributed by atoms with Gasteiger partial charge in [0.25, 0.3) is 11.5 Å². The second-order valence-electron chi connectivity index (χ2n) is 5.99. The van der Waals surface area contributed by atoms with Gasteiger partial charge in [-0.15, -0.1) is 0 Å². The molecule has 2 heterocycles. The van der Waals surface area contributed by atoms with Gasteiger partial charge in [-0.3, -0.25) is 9.59 Å². The van der Waals surface area contributed by atoms with E-state index in [9.17, 15) is 9.59 Å². The summed E-state index contributed by atoms with van der Waals surface area (Å²) >= 11 is 0. The second kappa shape index (κ2) is 7.53. The van der Waals surface area contributed by atoms with E-state index in [-0.39, 0.29) is 23.3 Å². The molecule has 0 spiro atoms. The normalized spacial score (nSPS) is 17.4. The molecule has 6 nitrogen and oxygen atoms in total. The van der Waals surface area contributed by atoms with E-state index in [2.05, 4.69) is 36.2 Å². The molecular formula is C19H22N2O4. The molecule has 1 amide bonds. The zero-order chi connectivity index (χ0) is 17.8. The molecule has 25 heavy (non-hydrogen) atoms. The van der Waals surface area contributed by atoms with E-state index in [4.69, 9.17) is 9.47 Å². The first-order valence-electron chi connectivity index (χ1n) is 8.38.